The first-order valence-corrected chi connectivity index (χ1v) is 9.37. The van der Waals surface area contributed by atoms with Gasteiger partial charge in [-0.2, -0.15) is 0 Å². The van der Waals surface area contributed by atoms with Crippen molar-refractivity contribution in [3.8, 4) is 5.75 Å². The van der Waals surface area contributed by atoms with Gasteiger partial charge in [-0.25, -0.2) is 4.98 Å². The topological polar surface area (TPSA) is 51.2 Å². The lowest BCUT2D eigenvalue weighted by atomic mass is 10.2. The van der Waals surface area contributed by atoms with Crippen molar-refractivity contribution in [3.05, 3.63) is 52.5 Å². The van der Waals surface area contributed by atoms with Crippen molar-refractivity contribution in [2.75, 3.05) is 11.9 Å². The molecular formula is C18H17BrN2O2S. The monoisotopic (exact) mass is 404 g/mol. The molecule has 0 atom stereocenters. The number of benzene rings is 2. The van der Waals surface area contributed by atoms with E-state index in [-0.39, 0.29) is 5.91 Å². The number of aromatic nitrogens is 1. The van der Waals surface area contributed by atoms with Crippen LogP contribution in [0, 0.1) is 0 Å². The fourth-order valence-electron chi connectivity index (χ4n) is 2.16. The molecule has 0 aliphatic heterocycles. The van der Waals surface area contributed by atoms with Gasteiger partial charge in [0, 0.05) is 10.0 Å². The van der Waals surface area contributed by atoms with E-state index in [1.807, 2.05) is 30.3 Å². The van der Waals surface area contributed by atoms with Crippen molar-refractivity contribution in [1.82, 2.24) is 4.98 Å². The molecule has 0 fully saturated rings. The number of carbonyl (C=O) groups is 1. The Labute approximate surface area is 153 Å². The van der Waals surface area contributed by atoms with Gasteiger partial charge in [0.25, 0.3) is 5.91 Å². The molecule has 2 aromatic carbocycles. The van der Waals surface area contributed by atoms with Crippen molar-refractivity contribution in [1.29, 1.82) is 0 Å². The Morgan fingerprint density at radius 2 is 2.04 bits per heavy atom. The first kappa shape index (κ1) is 16.9. The summed E-state index contributed by atoms with van der Waals surface area (Å²) >= 11 is 4.89. The van der Waals surface area contributed by atoms with Crippen LogP contribution in [-0.4, -0.2) is 17.5 Å². The molecule has 6 heteroatoms. The number of hydrogen-bond acceptors (Lipinski definition) is 4. The van der Waals surface area contributed by atoms with Crippen LogP contribution in [-0.2, 0) is 0 Å². The van der Waals surface area contributed by atoms with E-state index in [9.17, 15) is 4.79 Å². The summed E-state index contributed by atoms with van der Waals surface area (Å²) in [7, 11) is 0. The Morgan fingerprint density at radius 1 is 1.25 bits per heavy atom. The largest absolute Gasteiger partial charge is 0.494 e. The van der Waals surface area contributed by atoms with Crippen LogP contribution in [0.4, 0.5) is 5.13 Å². The highest BCUT2D eigenvalue weighted by molar-refractivity contribution is 9.10. The lowest BCUT2D eigenvalue weighted by Gasteiger charge is -2.06. The molecule has 1 heterocycles. The SMILES string of the molecule is CCCCOc1ccc(C(=O)Nc2nc3ccc(Br)cc3s2)cc1. The van der Waals surface area contributed by atoms with Gasteiger partial charge in [-0.3, -0.25) is 10.1 Å². The Morgan fingerprint density at radius 3 is 2.79 bits per heavy atom. The average Bonchev–Trinajstić information content (AvgIpc) is 2.97. The molecule has 0 bridgehead atoms. The first-order chi connectivity index (χ1) is 11.7. The highest BCUT2D eigenvalue weighted by Gasteiger charge is 2.10. The predicted octanol–water partition coefficient (Wildman–Crippen LogP) is 5.49. The number of hydrogen-bond donors (Lipinski definition) is 1. The maximum Gasteiger partial charge on any atom is 0.257 e. The minimum absolute atomic E-state index is 0.173. The molecule has 1 aromatic heterocycles. The number of fused-ring (bicyclic) bond motifs is 1. The normalized spacial score (nSPS) is 10.8. The summed E-state index contributed by atoms with van der Waals surface area (Å²) in [4.78, 5) is 16.8. The third kappa shape index (κ3) is 4.13. The molecule has 0 radical (unpaired) electrons. The van der Waals surface area contributed by atoms with Gasteiger partial charge in [0.05, 0.1) is 16.8 Å². The van der Waals surface area contributed by atoms with Gasteiger partial charge in [0.2, 0.25) is 0 Å². The predicted molar refractivity (Wildman–Crippen MR) is 102 cm³/mol. The molecular weight excluding hydrogens is 388 g/mol. The van der Waals surface area contributed by atoms with Gasteiger partial charge in [0.15, 0.2) is 5.13 Å². The quantitative estimate of drug-likeness (QED) is 0.552. The second-order valence-corrected chi connectivity index (χ2v) is 7.26. The number of carbonyl (C=O) groups excluding carboxylic acids is 1. The molecule has 0 unspecified atom stereocenters. The fourth-order valence-corrected chi connectivity index (χ4v) is 3.57. The average molecular weight is 405 g/mol. The van der Waals surface area contributed by atoms with E-state index >= 15 is 0 Å². The van der Waals surface area contributed by atoms with Gasteiger partial charge in [-0.15, -0.1) is 0 Å². The van der Waals surface area contributed by atoms with Crippen LogP contribution in [0.3, 0.4) is 0 Å². The van der Waals surface area contributed by atoms with E-state index in [0.717, 1.165) is 33.3 Å². The highest BCUT2D eigenvalue weighted by atomic mass is 79.9. The van der Waals surface area contributed by atoms with E-state index in [4.69, 9.17) is 4.74 Å². The molecule has 0 aliphatic rings. The summed E-state index contributed by atoms with van der Waals surface area (Å²) in [5.41, 5.74) is 1.46. The second-order valence-electron chi connectivity index (χ2n) is 5.31. The van der Waals surface area contributed by atoms with E-state index < -0.39 is 0 Å². The van der Waals surface area contributed by atoms with E-state index in [2.05, 4.69) is 33.2 Å². The van der Waals surface area contributed by atoms with Crippen LogP contribution >= 0.6 is 27.3 Å². The maximum absolute atomic E-state index is 12.3. The van der Waals surface area contributed by atoms with Crippen LogP contribution in [0.25, 0.3) is 10.2 Å². The smallest absolute Gasteiger partial charge is 0.257 e. The summed E-state index contributed by atoms with van der Waals surface area (Å²) in [5, 5.41) is 3.45. The number of unbranched alkanes of at least 4 members (excludes halogenated alkanes) is 1. The van der Waals surface area contributed by atoms with Crippen molar-refractivity contribution in [3.63, 3.8) is 0 Å². The molecule has 0 saturated carbocycles. The van der Waals surface area contributed by atoms with Crippen LogP contribution in [0.1, 0.15) is 30.1 Å². The number of rotatable bonds is 6. The van der Waals surface area contributed by atoms with Gasteiger partial charge in [-0.05, 0) is 48.9 Å². The van der Waals surface area contributed by atoms with Crippen molar-refractivity contribution >= 4 is 48.5 Å². The summed E-state index contributed by atoms with van der Waals surface area (Å²) in [5.74, 6) is 0.609. The number of anilines is 1. The molecule has 1 N–H and O–H groups in total. The summed E-state index contributed by atoms with van der Waals surface area (Å²) < 4.78 is 7.63. The third-order valence-electron chi connectivity index (χ3n) is 3.45. The number of ether oxygens (including phenoxy) is 1. The van der Waals surface area contributed by atoms with Gasteiger partial charge in [-0.1, -0.05) is 40.6 Å². The number of thiazole rings is 1. The Bertz CT molecular complexity index is 846. The number of nitrogens with one attached hydrogen (secondary N) is 1. The maximum atomic E-state index is 12.3. The minimum atomic E-state index is -0.173. The van der Waals surface area contributed by atoms with Gasteiger partial charge in [0.1, 0.15) is 5.75 Å². The van der Waals surface area contributed by atoms with E-state index in [0.29, 0.717) is 17.3 Å². The first-order valence-electron chi connectivity index (χ1n) is 7.76. The van der Waals surface area contributed by atoms with Gasteiger partial charge < -0.3 is 4.74 Å². The lowest BCUT2D eigenvalue weighted by molar-refractivity contribution is 0.102. The molecule has 124 valence electrons. The van der Waals surface area contributed by atoms with Gasteiger partial charge >= 0.3 is 0 Å². The molecule has 3 rings (SSSR count). The molecule has 0 aliphatic carbocycles. The summed E-state index contributed by atoms with van der Waals surface area (Å²) in [6.45, 7) is 2.82. The fraction of sp³-hybridized carbons (Fsp3) is 0.222. The molecule has 0 saturated heterocycles. The molecule has 24 heavy (non-hydrogen) atoms. The zero-order chi connectivity index (χ0) is 16.9. The molecule has 3 aromatic rings. The summed E-state index contributed by atoms with van der Waals surface area (Å²) in [6.07, 6.45) is 2.12. The third-order valence-corrected chi connectivity index (χ3v) is 4.88. The Hall–Kier alpha value is -1.92. The van der Waals surface area contributed by atoms with Crippen molar-refractivity contribution < 1.29 is 9.53 Å². The zero-order valence-corrected chi connectivity index (χ0v) is 15.6. The number of halogens is 1. The number of amides is 1. The van der Waals surface area contributed by atoms with Crippen LogP contribution in [0.5, 0.6) is 5.75 Å². The van der Waals surface area contributed by atoms with Crippen LogP contribution in [0.2, 0.25) is 0 Å². The van der Waals surface area contributed by atoms with Crippen LogP contribution in [0.15, 0.2) is 46.9 Å². The molecule has 0 spiro atoms. The number of nitrogens with zero attached hydrogens (tertiary/aromatic N) is 1. The minimum Gasteiger partial charge on any atom is -0.494 e. The summed E-state index contributed by atoms with van der Waals surface area (Å²) in [6, 6.07) is 13.0. The van der Waals surface area contributed by atoms with Crippen molar-refractivity contribution in [2.24, 2.45) is 0 Å². The standard InChI is InChI=1S/C18H17BrN2O2S/c1-2-3-10-23-14-7-4-12(5-8-14)17(22)21-18-20-15-9-6-13(19)11-16(15)24-18/h4-9,11H,2-3,10H2,1H3,(H,20,21,22). The zero-order valence-electron chi connectivity index (χ0n) is 13.2. The molecule has 4 nitrogen and oxygen atoms in total. The molecule has 1 amide bonds. The highest BCUT2D eigenvalue weighted by Crippen LogP contribution is 2.28. The van der Waals surface area contributed by atoms with E-state index in [1.54, 1.807) is 12.1 Å². The second kappa shape index (κ2) is 7.77. The van der Waals surface area contributed by atoms with Crippen molar-refractivity contribution in [2.45, 2.75) is 19.8 Å². The Balaban J connectivity index is 1.67. The Kier molecular flexibility index (Phi) is 5.48. The lowest BCUT2D eigenvalue weighted by Crippen LogP contribution is -2.11. The van der Waals surface area contributed by atoms with Crippen LogP contribution < -0.4 is 10.1 Å². The van der Waals surface area contributed by atoms with E-state index in [1.165, 1.54) is 11.3 Å².